The third-order valence-corrected chi connectivity index (χ3v) is 4.88. The molecule has 3 atom stereocenters. The second-order valence-electron chi connectivity index (χ2n) is 6.74. The van der Waals surface area contributed by atoms with Crippen LogP contribution in [0.3, 0.4) is 0 Å². The van der Waals surface area contributed by atoms with Crippen molar-refractivity contribution in [2.75, 3.05) is 32.8 Å². The maximum atomic E-state index is 13.8. The van der Waals surface area contributed by atoms with E-state index in [4.69, 9.17) is 4.74 Å². The molecule has 132 valence electrons. The van der Waals surface area contributed by atoms with Gasteiger partial charge in [0.2, 0.25) is 5.91 Å². The van der Waals surface area contributed by atoms with E-state index in [1.807, 2.05) is 6.92 Å². The average Bonchev–Trinajstić information content (AvgIpc) is 3.37. The Kier molecular flexibility index (Phi) is 5.46. The lowest BCUT2D eigenvalue weighted by atomic mass is 10.1. The number of ether oxygens (including phenoxy) is 1. The molecule has 1 amide bonds. The number of rotatable bonds is 6. The summed E-state index contributed by atoms with van der Waals surface area (Å²) in [5.74, 6) is -2.17. The van der Waals surface area contributed by atoms with Gasteiger partial charge in [0, 0.05) is 31.6 Å². The smallest absolute Gasteiger partial charge is 0.223 e. The van der Waals surface area contributed by atoms with Crippen LogP contribution in [0.15, 0.2) is 18.2 Å². The van der Waals surface area contributed by atoms with Crippen molar-refractivity contribution >= 4 is 5.91 Å². The van der Waals surface area contributed by atoms with Gasteiger partial charge >= 0.3 is 0 Å². The Morgan fingerprint density at radius 2 is 2.12 bits per heavy atom. The van der Waals surface area contributed by atoms with Gasteiger partial charge in [0.25, 0.3) is 0 Å². The summed E-state index contributed by atoms with van der Waals surface area (Å²) < 4.78 is 32.4. The topological polar surface area (TPSA) is 41.6 Å². The SMILES string of the molecule is CC(CCN1CCOCC1)NC(=O)C1CC1c1cccc(F)c1F. The van der Waals surface area contributed by atoms with Gasteiger partial charge in [-0.2, -0.15) is 0 Å². The molecule has 1 saturated carbocycles. The molecule has 0 radical (unpaired) electrons. The zero-order valence-corrected chi connectivity index (χ0v) is 13.9. The number of hydrogen-bond acceptors (Lipinski definition) is 3. The predicted octanol–water partition coefficient (Wildman–Crippen LogP) is 2.30. The van der Waals surface area contributed by atoms with E-state index in [0.717, 1.165) is 45.3 Å². The number of morpholine rings is 1. The first-order valence-electron chi connectivity index (χ1n) is 8.60. The van der Waals surface area contributed by atoms with Gasteiger partial charge in [-0.15, -0.1) is 0 Å². The monoisotopic (exact) mass is 338 g/mol. The molecule has 3 unspecified atom stereocenters. The van der Waals surface area contributed by atoms with Crippen molar-refractivity contribution in [3.8, 4) is 0 Å². The van der Waals surface area contributed by atoms with Crippen molar-refractivity contribution < 1.29 is 18.3 Å². The molecule has 1 heterocycles. The number of benzene rings is 1. The molecule has 0 bridgehead atoms. The molecule has 3 rings (SSSR count). The lowest BCUT2D eigenvalue weighted by molar-refractivity contribution is -0.123. The van der Waals surface area contributed by atoms with Crippen LogP contribution in [0.2, 0.25) is 0 Å². The van der Waals surface area contributed by atoms with Crippen molar-refractivity contribution in [2.45, 2.75) is 31.7 Å². The highest BCUT2D eigenvalue weighted by atomic mass is 19.2. The minimum Gasteiger partial charge on any atom is -0.379 e. The lowest BCUT2D eigenvalue weighted by Crippen LogP contribution is -2.41. The van der Waals surface area contributed by atoms with Gasteiger partial charge in [-0.3, -0.25) is 9.69 Å². The number of hydrogen-bond donors (Lipinski definition) is 1. The summed E-state index contributed by atoms with van der Waals surface area (Å²) in [6, 6.07) is 4.23. The van der Waals surface area contributed by atoms with Crippen molar-refractivity contribution in [3.05, 3.63) is 35.4 Å². The van der Waals surface area contributed by atoms with E-state index in [9.17, 15) is 13.6 Å². The number of carbonyl (C=O) groups excluding carboxylic acids is 1. The summed E-state index contributed by atoms with van der Waals surface area (Å²) in [6.07, 6.45) is 1.46. The summed E-state index contributed by atoms with van der Waals surface area (Å²) in [4.78, 5) is 14.6. The highest BCUT2D eigenvalue weighted by Gasteiger charge is 2.45. The number of nitrogens with one attached hydrogen (secondary N) is 1. The molecule has 1 aromatic carbocycles. The molecular formula is C18H24F2N2O2. The maximum absolute atomic E-state index is 13.8. The van der Waals surface area contributed by atoms with Crippen LogP contribution in [0.5, 0.6) is 0 Å². The van der Waals surface area contributed by atoms with Gasteiger partial charge in [0.05, 0.1) is 13.2 Å². The third-order valence-electron chi connectivity index (χ3n) is 4.88. The summed E-state index contributed by atoms with van der Waals surface area (Å²) in [6.45, 7) is 6.32. The van der Waals surface area contributed by atoms with E-state index in [2.05, 4.69) is 10.2 Å². The Balaban J connectivity index is 1.45. The van der Waals surface area contributed by atoms with Crippen molar-refractivity contribution in [2.24, 2.45) is 5.92 Å². The quantitative estimate of drug-likeness (QED) is 0.865. The summed E-state index contributed by atoms with van der Waals surface area (Å²) >= 11 is 0. The standard InChI is InChI=1S/C18H24F2N2O2/c1-12(5-6-22-7-9-24-10-8-22)21-18(23)15-11-14(15)13-3-2-4-16(19)17(13)20/h2-4,12,14-15H,5-11H2,1H3,(H,21,23). The maximum Gasteiger partial charge on any atom is 0.223 e. The van der Waals surface area contributed by atoms with Gasteiger partial charge in [-0.1, -0.05) is 12.1 Å². The number of carbonyl (C=O) groups is 1. The number of amides is 1. The van der Waals surface area contributed by atoms with Gasteiger partial charge < -0.3 is 10.1 Å². The molecule has 1 aliphatic heterocycles. The third kappa shape index (κ3) is 4.11. The first-order chi connectivity index (χ1) is 11.6. The largest absolute Gasteiger partial charge is 0.379 e. The van der Waals surface area contributed by atoms with Crippen LogP contribution in [0, 0.1) is 17.6 Å². The number of halogens is 2. The zero-order valence-electron chi connectivity index (χ0n) is 13.9. The first kappa shape index (κ1) is 17.3. The summed E-state index contributed by atoms with van der Waals surface area (Å²) in [5, 5.41) is 3.00. The molecule has 0 spiro atoms. The fourth-order valence-corrected chi connectivity index (χ4v) is 3.26. The van der Waals surface area contributed by atoms with E-state index >= 15 is 0 Å². The predicted molar refractivity (Wildman–Crippen MR) is 86.7 cm³/mol. The fourth-order valence-electron chi connectivity index (χ4n) is 3.26. The van der Waals surface area contributed by atoms with Crippen molar-refractivity contribution in [1.29, 1.82) is 0 Å². The molecule has 1 aromatic rings. The van der Waals surface area contributed by atoms with Gasteiger partial charge in [-0.05, 0) is 37.3 Å². The van der Waals surface area contributed by atoms with Gasteiger partial charge in [0.15, 0.2) is 11.6 Å². The zero-order chi connectivity index (χ0) is 17.1. The van der Waals surface area contributed by atoms with E-state index in [0.29, 0.717) is 12.0 Å². The van der Waals surface area contributed by atoms with Gasteiger partial charge in [0.1, 0.15) is 0 Å². The Morgan fingerprint density at radius 3 is 2.88 bits per heavy atom. The van der Waals surface area contributed by atoms with Crippen LogP contribution in [-0.4, -0.2) is 49.7 Å². The molecule has 4 nitrogen and oxygen atoms in total. The van der Waals surface area contributed by atoms with Crippen LogP contribution in [0.1, 0.15) is 31.2 Å². The Morgan fingerprint density at radius 1 is 1.38 bits per heavy atom. The molecule has 1 N–H and O–H groups in total. The highest BCUT2D eigenvalue weighted by Crippen LogP contribution is 2.48. The fraction of sp³-hybridized carbons (Fsp3) is 0.611. The molecule has 6 heteroatoms. The van der Waals surface area contributed by atoms with Crippen molar-refractivity contribution in [3.63, 3.8) is 0 Å². The Labute approximate surface area is 141 Å². The van der Waals surface area contributed by atoms with Crippen LogP contribution in [-0.2, 0) is 9.53 Å². The minimum absolute atomic E-state index is 0.0573. The summed E-state index contributed by atoms with van der Waals surface area (Å²) in [5.41, 5.74) is 0.316. The number of nitrogens with zero attached hydrogens (tertiary/aromatic N) is 1. The van der Waals surface area contributed by atoms with Crippen LogP contribution < -0.4 is 5.32 Å². The molecule has 0 aromatic heterocycles. The summed E-state index contributed by atoms with van der Waals surface area (Å²) in [7, 11) is 0. The minimum atomic E-state index is -0.850. The first-order valence-corrected chi connectivity index (χ1v) is 8.60. The van der Waals surface area contributed by atoms with E-state index in [1.165, 1.54) is 6.07 Å². The molecule has 1 saturated heterocycles. The van der Waals surface area contributed by atoms with Gasteiger partial charge in [-0.25, -0.2) is 8.78 Å². The van der Waals surface area contributed by atoms with Crippen LogP contribution in [0.25, 0.3) is 0 Å². The van der Waals surface area contributed by atoms with E-state index in [-0.39, 0.29) is 23.8 Å². The molecule has 2 fully saturated rings. The molecular weight excluding hydrogens is 314 g/mol. The Hall–Kier alpha value is -1.53. The van der Waals surface area contributed by atoms with Crippen molar-refractivity contribution in [1.82, 2.24) is 10.2 Å². The molecule has 2 aliphatic rings. The lowest BCUT2D eigenvalue weighted by Gasteiger charge is -2.27. The van der Waals surface area contributed by atoms with Crippen LogP contribution >= 0.6 is 0 Å². The molecule has 24 heavy (non-hydrogen) atoms. The van der Waals surface area contributed by atoms with Crippen LogP contribution in [0.4, 0.5) is 8.78 Å². The second-order valence-corrected chi connectivity index (χ2v) is 6.74. The van der Waals surface area contributed by atoms with E-state index in [1.54, 1.807) is 6.07 Å². The van der Waals surface area contributed by atoms with E-state index < -0.39 is 11.6 Å². The normalized spacial score (nSPS) is 25.3. The Bertz CT molecular complexity index is 590. The second kappa shape index (κ2) is 7.57. The average molecular weight is 338 g/mol. The molecule has 1 aliphatic carbocycles. The highest BCUT2D eigenvalue weighted by molar-refractivity contribution is 5.83.